The third kappa shape index (κ3) is 2.09. The van der Waals surface area contributed by atoms with Gasteiger partial charge in [-0.1, -0.05) is 19.1 Å². The van der Waals surface area contributed by atoms with E-state index in [2.05, 4.69) is 40.0 Å². The van der Waals surface area contributed by atoms with E-state index in [-0.39, 0.29) is 0 Å². The highest BCUT2D eigenvalue weighted by Gasteiger charge is 2.07. The number of para-hydroxylation sites is 2. The first-order chi connectivity index (χ1) is 7.86. The third-order valence-corrected chi connectivity index (χ3v) is 2.86. The van der Waals surface area contributed by atoms with Crippen LogP contribution in [0.3, 0.4) is 0 Å². The second kappa shape index (κ2) is 5.12. The lowest BCUT2D eigenvalue weighted by atomic mass is 10.3. The van der Waals surface area contributed by atoms with Gasteiger partial charge in [0.05, 0.1) is 11.0 Å². The number of nitrogens with zero attached hydrogens (tertiary/aromatic N) is 2. The van der Waals surface area contributed by atoms with E-state index < -0.39 is 0 Å². The minimum Gasteiger partial charge on any atom is -0.328 e. The molecule has 0 radical (unpaired) electrons. The van der Waals surface area contributed by atoms with Crippen LogP contribution < -0.4 is 5.32 Å². The van der Waals surface area contributed by atoms with E-state index in [1.807, 2.05) is 13.1 Å². The minimum absolute atomic E-state index is 0.994. The van der Waals surface area contributed by atoms with Gasteiger partial charge in [-0.05, 0) is 32.1 Å². The Labute approximate surface area is 96.5 Å². The first-order valence-corrected chi connectivity index (χ1v) is 5.95. The van der Waals surface area contributed by atoms with Crippen molar-refractivity contribution in [3.8, 4) is 0 Å². The number of fused-ring (bicyclic) bond motifs is 1. The van der Waals surface area contributed by atoms with Crippen molar-refractivity contribution < 1.29 is 0 Å². The number of imidazole rings is 1. The van der Waals surface area contributed by atoms with Crippen LogP contribution in [0.25, 0.3) is 11.0 Å². The molecule has 0 spiro atoms. The molecule has 0 aliphatic heterocycles. The zero-order valence-electron chi connectivity index (χ0n) is 10.0. The largest absolute Gasteiger partial charge is 0.328 e. The predicted molar refractivity (Wildman–Crippen MR) is 67.7 cm³/mol. The molecule has 2 rings (SSSR count). The van der Waals surface area contributed by atoms with Gasteiger partial charge in [-0.15, -0.1) is 0 Å². The monoisotopic (exact) mass is 217 g/mol. The molecule has 1 aromatic heterocycles. The number of rotatable bonds is 5. The maximum Gasteiger partial charge on any atom is 0.109 e. The van der Waals surface area contributed by atoms with Crippen LogP contribution in [0.5, 0.6) is 0 Å². The van der Waals surface area contributed by atoms with Crippen molar-refractivity contribution in [2.75, 3.05) is 13.6 Å². The summed E-state index contributed by atoms with van der Waals surface area (Å²) in [7, 11) is 1.99. The third-order valence-electron chi connectivity index (χ3n) is 2.86. The molecule has 3 heteroatoms. The van der Waals surface area contributed by atoms with Gasteiger partial charge in [0.2, 0.25) is 0 Å². The molecule has 0 aliphatic rings. The topological polar surface area (TPSA) is 29.9 Å². The van der Waals surface area contributed by atoms with Gasteiger partial charge < -0.3 is 9.88 Å². The molecule has 3 nitrogen and oxygen atoms in total. The summed E-state index contributed by atoms with van der Waals surface area (Å²) < 4.78 is 2.34. The average Bonchev–Trinajstić information content (AvgIpc) is 2.68. The predicted octanol–water partition coefficient (Wildman–Crippen LogP) is 2.21. The Kier molecular flexibility index (Phi) is 3.57. The summed E-state index contributed by atoms with van der Waals surface area (Å²) in [6.45, 7) is 4.26. The van der Waals surface area contributed by atoms with Crippen LogP contribution in [-0.4, -0.2) is 23.1 Å². The molecule has 86 valence electrons. The summed E-state index contributed by atoms with van der Waals surface area (Å²) in [5, 5.41) is 3.18. The second-order valence-electron chi connectivity index (χ2n) is 3.98. The lowest BCUT2D eigenvalue weighted by Gasteiger charge is -2.07. The molecule has 0 saturated carbocycles. The Morgan fingerprint density at radius 3 is 2.88 bits per heavy atom. The fourth-order valence-electron chi connectivity index (χ4n) is 2.06. The number of hydrogen-bond acceptors (Lipinski definition) is 2. The number of aryl methyl sites for hydroxylation is 2. The molecule has 2 aromatic rings. The van der Waals surface area contributed by atoms with Crippen molar-refractivity contribution in [1.82, 2.24) is 14.9 Å². The minimum atomic E-state index is 0.994. The molecule has 0 fully saturated rings. The van der Waals surface area contributed by atoms with Crippen LogP contribution in [0.2, 0.25) is 0 Å². The van der Waals surface area contributed by atoms with Gasteiger partial charge in [-0.25, -0.2) is 4.98 Å². The average molecular weight is 217 g/mol. The van der Waals surface area contributed by atoms with E-state index in [1.54, 1.807) is 0 Å². The highest BCUT2D eigenvalue weighted by molar-refractivity contribution is 5.75. The molecular weight excluding hydrogens is 198 g/mol. The van der Waals surface area contributed by atoms with Crippen LogP contribution in [0, 0.1) is 0 Å². The maximum absolute atomic E-state index is 4.65. The molecule has 0 amide bonds. The molecule has 0 bridgehead atoms. The quantitative estimate of drug-likeness (QED) is 0.778. The van der Waals surface area contributed by atoms with E-state index in [9.17, 15) is 0 Å². The number of benzene rings is 1. The Morgan fingerprint density at radius 2 is 2.12 bits per heavy atom. The standard InChI is InChI=1S/C13H19N3/c1-3-13-15-11-7-4-5-8-12(11)16(13)10-6-9-14-2/h4-5,7-8,14H,3,6,9-10H2,1-2H3. The first kappa shape index (κ1) is 11.1. The van der Waals surface area contributed by atoms with E-state index in [4.69, 9.17) is 0 Å². The maximum atomic E-state index is 4.65. The molecule has 0 atom stereocenters. The Balaban J connectivity index is 2.32. The molecule has 0 saturated heterocycles. The summed E-state index contributed by atoms with van der Waals surface area (Å²) in [5.41, 5.74) is 2.37. The summed E-state index contributed by atoms with van der Waals surface area (Å²) in [5.74, 6) is 1.19. The van der Waals surface area contributed by atoms with Crippen molar-refractivity contribution >= 4 is 11.0 Å². The smallest absolute Gasteiger partial charge is 0.109 e. The van der Waals surface area contributed by atoms with Crippen molar-refractivity contribution in [3.63, 3.8) is 0 Å². The van der Waals surface area contributed by atoms with Gasteiger partial charge in [0.15, 0.2) is 0 Å². The molecular formula is C13H19N3. The van der Waals surface area contributed by atoms with Gasteiger partial charge in [-0.2, -0.15) is 0 Å². The molecule has 16 heavy (non-hydrogen) atoms. The van der Waals surface area contributed by atoms with Gasteiger partial charge in [0.1, 0.15) is 5.82 Å². The Morgan fingerprint density at radius 1 is 1.31 bits per heavy atom. The molecule has 1 N–H and O–H groups in total. The molecule has 0 unspecified atom stereocenters. The molecule has 1 aromatic carbocycles. The zero-order chi connectivity index (χ0) is 11.4. The Hall–Kier alpha value is -1.35. The van der Waals surface area contributed by atoms with Gasteiger partial charge >= 0.3 is 0 Å². The lowest BCUT2D eigenvalue weighted by Crippen LogP contribution is -2.12. The summed E-state index contributed by atoms with van der Waals surface area (Å²) in [4.78, 5) is 4.65. The lowest BCUT2D eigenvalue weighted by molar-refractivity contribution is 0.604. The molecule has 0 aliphatic carbocycles. The first-order valence-electron chi connectivity index (χ1n) is 5.95. The summed E-state index contributed by atoms with van der Waals surface area (Å²) in [6, 6.07) is 8.37. The fourth-order valence-corrected chi connectivity index (χ4v) is 2.06. The van der Waals surface area contributed by atoms with Crippen molar-refractivity contribution in [3.05, 3.63) is 30.1 Å². The van der Waals surface area contributed by atoms with E-state index in [0.29, 0.717) is 0 Å². The van der Waals surface area contributed by atoms with Gasteiger partial charge in [0.25, 0.3) is 0 Å². The number of nitrogens with one attached hydrogen (secondary N) is 1. The van der Waals surface area contributed by atoms with Crippen molar-refractivity contribution in [1.29, 1.82) is 0 Å². The number of aromatic nitrogens is 2. The number of hydrogen-bond donors (Lipinski definition) is 1. The summed E-state index contributed by atoms with van der Waals surface area (Å²) >= 11 is 0. The van der Waals surface area contributed by atoms with Crippen LogP contribution >= 0.6 is 0 Å². The highest BCUT2D eigenvalue weighted by Crippen LogP contribution is 2.16. The highest BCUT2D eigenvalue weighted by atomic mass is 15.1. The molecule has 1 heterocycles. The SMILES string of the molecule is CCc1nc2ccccc2n1CCCNC. The van der Waals surface area contributed by atoms with Crippen LogP contribution in [-0.2, 0) is 13.0 Å². The van der Waals surface area contributed by atoms with Crippen LogP contribution in [0.1, 0.15) is 19.2 Å². The summed E-state index contributed by atoms with van der Waals surface area (Å²) in [6.07, 6.45) is 2.14. The van der Waals surface area contributed by atoms with Gasteiger partial charge in [-0.3, -0.25) is 0 Å². The van der Waals surface area contributed by atoms with Gasteiger partial charge in [0, 0.05) is 13.0 Å². The van der Waals surface area contributed by atoms with E-state index in [0.717, 1.165) is 31.4 Å². The van der Waals surface area contributed by atoms with Crippen LogP contribution in [0.4, 0.5) is 0 Å². The second-order valence-corrected chi connectivity index (χ2v) is 3.98. The fraction of sp³-hybridized carbons (Fsp3) is 0.462. The van der Waals surface area contributed by atoms with E-state index in [1.165, 1.54) is 11.3 Å². The van der Waals surface area contributed by atoms with Crippen molar-refractivity contribution in [2.24, 2.45) is 0 Å². The van der Waals surface area contributed by atoms with E-state index >= 15 is 0 Å². The van der Waals surface area contributed by atoms with Crippen molar-refractivity contribution in [2.45, 2.75) is 26.3 Å². The normalized spacial score (nSPS) is 11.1. The van der Waals surface area contributed by atoms with Crippen LogP contribution in [0.15, 0.2) is 24.3 Å². The Bertz CT molecular complexity index is 459. The zero-order valence-corrected chi connectivity index (χ0v) is 10.0.